The maximum absolute atomic E-state index is 12.2. The van der Waals surface area contributed by atoms with Gasteiger partial charge in [0, 0.05) is 17.8 Å². The molecule has 1 aromatic heterocycles. The molecular formula is C21H20N4O2. The molecule has 0 aliphatic carbocycles. The van der Waals surface area contributed by atoms with Gasteiger partial charge in [0.15, 0.2) is 5.78 Å². The van der Waals surface area contributed by atoms with Crippen molar-refractivity contribution in [2.45, 2.75) is 20.4 Å². The molecule has 0 bridgehead atoms. The quantitative estimate of drug-likeness (QED) is 0.656. The normalized spacial score (nSPS) is 10.3. The number of carbonyl (C=O) groups excluding carboxylic acids is 2. The van der Waals surface area contributed by atoms with E-state index in [1.807, 2.05) is 37.3 Å². The molecule has 6 heteroatoms. The molecule has 2 aromatic carbocycles. The molecule has 0 fully saturated rings. The van der Waals surface area contributed by atoms with Crippen LogP contribution in [0.5, 0.6) is 0 Å². The van der Waals surface area contributed by atoms with Crippen LogP contribution in [0.25, 0.3) is 0 Å². The number of Topliss-reactive ketones (excluding diaryl/α,β-unsaturated/α-hetero) is 1. The Bertz CT molecular complexity index is 968. The van der Waals surface area contributed by atoms with Crippen molar-refractivity contribution in [1.29, 1.82) is 0 Å². The van der Waals surface area contributed by atoms with E-state index in [4.69, 9.17) is 0 Å². The minimum absolute atomic E-state index is 0.00892. The second-order valence-electron chi connectivity index (χ2n) is 6.22. The average molecular weight is 360 g/mol. The summed E-state index contributed by atoms with van der Waals surface area (Å²) in [6.45, 7) is 3.96. The molecule has 6 nitrogen and oxygen atoms in total. The van der Waals surface area contributed by atoms with Gasteiger partial charge in [-0.1, -0.05) is 42.0 Å². The number of anilines is 2. The summed E-state index contributed by atoms with van der Waals surface area (Å²) in [5.74, 6) is 0.199. The summed E-state index contributed by atoms with van der Waals surface area (Å²) in [4.78, 5) is 32.1. The molecule has 0 spiro atoms. The van der Waals surface area contributed by atoms with Crippen LogP contribution in [-0.2, 0) is 6.54 Å². The van der Waals surface area contributed by atoms with Crippen molar-refractivity contribution in [2.75, 3.05) is 5.32 Å². The van der Waals surface area contributed by atoms with Crippen molar-refractivity contribution in [3.05, 3.63) is 83.3 Å². The molecule has 0 unspecified atom stereocenters. The Morgan fingerprint density at radius 3 is 2.52 bits per heavy atom. The molecule has 27 heavy (non-hydrogen) atoms. The molecule has 3 aromatic rings. The first kappa shape index (κ1) is 18.3. The van der Waals surface area contributed by atoms with Crippen molar-refractivity contribution >= 4 is 23.2 Å². The Balaban J connectivity index is 1.62. The molecule has 136 valence electrons. The smallest absolute Gasteiger partial charge is 0.271 e. The SMILES string of the molecule is CC(=O)c1cccc(Nc2cnc(C(=O)NCc3cccc(C)c3)cn2)c1. The van der Waals surface area contributed by atoms with Gasteiger partial charge in [0.05, 0.1) is 12.4 Å². The lowest BCUT2D eigenvalue weighted by atomic mass is 10.1. The third-order valence-electron chi connectivity index (χ3n) is 3.96. The first-order valence-corrected chi connectivity index (χ1v) is 8.55. The number of nitrogens with zero attached hydrogens (tertiary/aromatic N) is 2. The highest BCUT2D eigenvalue weighted by atomic mass is 16.1. The lowest BCUT2D eigenvalue weighted by molar-refractivity contribution is 0.0944. The summed E-state index contributed by atoms with van der Waals surface area (Å²) in [5, 5.41) is 5.90. The highest BCUT2D eigenvalue weighted by Gasteiger charge is 2.08. The van der Waals surface area contributed by atoms with Crippen molar-refractivity contribution in [3.63, 3.8) is 0 Å². The number of aryl methyl sites for hydroxylation is 1. The van der Waals surface area contributed by atoms with Crippen LogP contribution in [0.3, 0.4) is 0 Å². The second-order valence-corrected chi connectivity index (χ2v) is 6.22. The number of ketones is 1. The predicted octanol–water partition coefficient (Wildman–Crippen LogP) is 3.66. The van der Waals surface area contributed by atoms with E-state index in [1.54, 1.807) is 18.2 Å². The van der Waals surface area contributed by atoms with Gasteiger partial charge in [-0.15, -0.1) is 0 Å². The van der Waals surface area contributed by atoms with Crippen molar-refractivity contribution in [2.24, 2.45) is 0 Å². The zero-order valence-corrected chi connectivity index (χ0v) is 15.2. The van der Waals surface area contributed by atoms with Crippen LogP contribution in [0.2, 0.25) is 0 Å². The van der Waals surface area contributed by atoms with Crippen molar-refractivity contribution in [1.82, 2.24) is 15.3 Å². The fraction of sp³-hybridized carbons (Fsp3) is 0.143. The van der Waals surface area contributed by atoms with Gasteiger partial charge in [-0.2, -0.15) is 0 Å². The lowest BCUT2D eigenvalue weighted by Crippen LogP contribution is -2.24. The second kappa shape index (κ2) is 8.23. The molecule has 0 radical (unpaired) electrons. The molecule has 0 saturated carbocycles. The van der Waals surface area contributed by atoms with E-state index in [0.29, 0.717) is 17.9 Å². The van der Waals surface area contributed by atoms with Gasteiger partial charge in [0.1, 0.15) is 11.5 Å². The zero-order valence-electron chi connectivity index (χ0n) is 15.2. The van der Waals surface area contributed by atoms with Gasteiger partial charge < -0.3 is 10.6 Å². The predicted molar refractivity (Wildman–Crippen MR) is 104 cm³/mol. The lowest BCUT2D eigenvalue weighted by Gasteiger charge is -2.08. The minimum atomic E-state index is -0.283. The summed E-state index contributed by atoms with van der Waals surface area (Å²) in [6.07, 6.45) is 2.91. The van der Waals surface area contributed by atoms with Crippen molar-refractivity contribution in [3.8, 4) is 0 Å². The molecule has 3 rings (SSSR count). The average Bonchev–Trinajstić information content (AvgIpc) is 2.67. The van der Waals surface area contributed by atoms with E-state index >= 15 is 0 Å². The van der Waals surface area contributed by atoms with Gasteiger partial charge in [-0.05, 0) is 31.5 Å². The fourth-order valence-corrected chi connectivity index (χ4v) is 2.57. The summed E-state index contributed by atoms with van der Waals surface area (Å²) >= 11 is 0. The number of benzene rings is 2. The first-order valence-electron chi connectivity index (χ1n) is 8.55. The van der Waals surface area contributed by atoms with E-state index in [2.05, 4.69) is 20.6 Å². The molecule has 2 N–H and O–H groups in total. The molecule has 1 amide bonds. The van der Waals surface area contributed by atoms with Gasteiger partial charge in [-0.25, -0.2) is 9.97 Å². The van der Waals surface area contributed by atoms with Gasteiger partial charge >= 0.3 is 0 Å². The Labute approximate surface area is 157 Å². The van der Waals surface area contributed by atoms with E-state index in [1.165, 1.54) is 19.3 Å². The molecule has 0 atom stereocenters. The molecule has 0 aliphatic heterocycles. The third kappa shape index (κ3) is 4.98. The van der Waals surface area contributed by atoms with Crippen LogP contribution in [0.4, 0.5) is 11.5 Å². The first-order chi connectivity index (χ1) is 13.0. The summed E-state index contributed by atoms with van der Waals surface area (Å²) in [5.41, 5.74) is 3.75. The highest BCUT2D eigenvalue weighted by Crippen LogP contribution is 2.16. The number of nitrogens with one attached hydrogen (secondary N) is 2. The molecular weight excluding hydrogens is 340 g/mol. The van der Waals surface area contributed by atoms with Crippen LogP contribution in [0, 0.1) is 6.92 Å². The summed E-state index contributed by atoms with van der Waals surface area (Å²) in [6, 6.07) is 15.1. The van der Waals surface area contributed by atoms with Gasteiger partial charge in [-0.3, -0.25) is 9.59 Å². The Kier molecular flexibility index (Phi) is 5.56. The summed E-state index contributed by atoms with van der Waals surface area (Å²) < 4.78 is 0. The minimum Gasteiger partial charge on any atom is -0.347 e. The topological polar surface area (TPSA) is 84.0 Å². The highest BCUT2D eigenvalue weighted by molar-refractivity contribution is 5.95. The standard InChI is InChI=1S/C21H20N4O2/c1-14-5-3-6-16(9-14)11-24-21(27)19-12-23-20(13-22-19)25-18-8-4-7-17(10-18)15(2)26/h3-10,12-13H,11H2,1-2H3,(H,23,25)(H,24,27). The van der Waals surface area contributed by atoms with Crippen LogP contribution in [0.15, 0.2) is 60.9 Å². The number of carbonyl (C=O) groups is 2. The van der Waals surface area contributed by atoms with E-state index in [9.17, 15) is 9.59 Å². The van der Waals surface area contributed by atoms with Crippen LogP contribution >= 0.6 is 0 Å². The number of amides is 1. The number of hydrogen-bond donors (Lipinski definition) is 2. The van der Waals surface area contributed by atoms with E-state index < -0.39 is 0 Å². The van der Waals surface area contributed by atoms with Crippen molar-refractivity contribution < 1.29 is 9.59 Å². The van der Waals surface area contributed by atoms with Crippen LogP contribution in [0.1, 0.15) is 38.9 Å². The van der Waals surface area contributed by atoms with Crippen LogP contribution < -0.4 is 10.6 Å². The number of hydrogen-bond acceptors (Lipinski definition) is 5. The largest absolute Gasteiger partial charge is 0.347 e. The summed E-state index contributed by atoms with van der Waals surface area (Å²) in [7, 11) is 0. The third-order valence-corrected chi connectivity index (χ3v) is 3.96. The maximum Gasteiger partial charge on any atom is 0.271 e. The van der Waals surface area contributed by atoms with Gasteiger partial charge in [0.2, 0.25) is 0 Å². The Morgan fingerprint density at radius 2 is 1.81 bits per heavy atom. The number of rotatable bonds is 6. The van der Waals surface area contributed by atoms with Crippen LogP contribution in [-0.4, -0.2) is 21.7 Å². The van der Waals surface area contributed by atoms with E-state index in [0.717, 1.165) is 16.8 Å². The Morgan fingerprint density at radius 1 is 1.00 bits per heavy atom. The Hall–Kier alpha value is -3.54. The van der Waals surface area contributed by atoms with E-state index in [-0.39, 0.29) is 17.4 Å². The zero-order chi connectivity index (χ0) is 19.2. The fourth-order valence-electron chi connectivity index (χ4n) is 2.57. The number of aromatic nitrogens is 2. The molecule has 1 heterocycles. The molecule has 0 aliphatic rings. The monoisotopic (exact) mass is 360 g/mol. The maximum atomic E-state index is 12.2. The molecule has 0 saturated heterocycles. The van der Waals surface area contributed by atoms with Gasteiger partial charge in [0.25, 0.3) is 5.91 Å².